The van der Waals surface area contributed by atoms with Crippen molar-refractivity contribution < 1.29 is 4.74 Å². The van der Waals surface area contributed by atoms with Crippen LogP contribution in [0.1, 0.15) is 0 Å². The number of nitrogens with zero attached hydrogens (tertiary/aromatic N) is 3. The molecule has 0 saturated carbocycles. The largest absolute Gasteiger partial charge is 0.492 e. The lowest BCUT2D eigenvalue weighted by atomic mass is 10.2. The standard InChI is InChI=1S/C16H15ClN4O/c17-13-3-1-12(2-4-13)16-11-19-20-21(16)9-10-22-15-7-5-14(18)6-8-15/h1-8,11H,9-10,18H2. The van der Waals surface area contributed by atoms with Crippen LogP contribution in [0.5, 0.6) is 5.75 Å². The first kappa shape index (κ1) is 14.4. The molecule has 0 aliphatic carbocycles. The van der Waals surface area contributed by atoms with Crippen molar-refractivity contribution in [3.8, 4) is 17.0 Å². The van der Waals surface area contributed by atoms with Crippen molar-refractivity contribution in [2.45, 2.75) is 6.54 Å². The molecule has 0 aliphatic rings. The molecule has 6 heteroatoms. The molecule has 0 saturated heterocycles. The Morgan fingerprint density at radius 1 is 1.05 bits per heavy atom. The zero-order valence-corrected chi connectivity index (χ0v) is 12.6. The van der Waals surface area contributed by atoms with E-state index in [1.54, 1.807) is 10.9 Å². The highest BCUT2D eigenvalue weighted by Crippen LogP contribution is 2.20. The predicted octanol–water partition coefficient (Wildman–Crippen LogP) is 3.26. The number of hydrogen-bond acceptors (Lipinski definition) is 4. The average molecular weight is 315 g/mol. The average Bonchev–Trinajstić information content (AvgIpc) is 2.98. The van der Waals surface area contributed by atoms with Crippen LogP contribution in [-0.4, -0.2) is 21.6 Å². The molecule has 2 N–H and O–H groups in total. The summed E-state index contributed by atoms with van der Waals surface area (Å²) in [5.41, 5.74) is 8.30. The molecule has 5 nitrogen and oxygen atoms in total. The zero-order valence-electron chi connectivity index (χ0n) is 11.8. The Bertz CT molecular complexity index is 738. The summed E-state index contributed by atoms with van der Waals surface area (Å²) < 4.78 is 7.49. The zero-order chi connectivity index (χ0) is 15.4. The van der Waals surface area contributed by atoms with Gasteiger partial charge in [-0.1, -0.05) is 28.9 Å². The van der Waals surface area contributed by atoms with Crippen molar-refractivity contribution in [3.63, 3.8) is 0 Å². The lowest BCUT2D eigenvalue weighted by Gasteiger charge is -2.09. The first-order valence-electron chi connectivity index (χ1n) is 6.85. The molecule has 2 aromatic carbocycles. The van der Waals surface area contributed by atoms with Gasteiger partial charge in [0.1, 0.15) is 12.4 Å². The monoisotopic (exact) mass is 314 g/mol. The van der Waals surface area contributed by atoms with Crippen LogP contribution in [0.15, 0.2) is 54.7 Å². The number of anilines is 1. The van der Waals surface area contributed by atoms with Crippen molar-refractivity contribution in [2.24, 2.45) is 0 Å². The lowest BCUT2D eigenvalue weighted by Crippen LogP contribution is -2.10. The molecule has 0 atom stereocenters. The molecule has 0 amide bonds. The Balaban J connectivity index is 1.65. The first-order valence-corrected chi connectivity index (χ1v) is 7.23. The van der Waals surface area contributed by atoms with Gasteiger partial charge >= 0.3 is 0 Å². The van der Waals surface area contributed by atoms with Crippen LogP contribution in [0.25, 0.3) is 11.3 Å². The van der Waals surface area contributed by atoms with Gasteiger partial charge in [0.05, 0.1) is 18.4 Å². The molecule has 22 heavy (non-hydrogen) atoms. The number of halogens is 1. The number of hydrogen-bond donors (Lipinski definition) is 1. The summed E-state index contributed by atoms with van der Waals surface area (Å²) >= 11 is 5.91. The molecule has 0 aliphatic heterocycles. The van der Waals surface area contributed by atoms with E-state index in [9.17, 15) is 0 Å². The normalized spacial score (nSPS) is 10.6. The van der Waals surface area contributed by atoms with E-state index in [0.717, 1.165) is 17.0 Å². The summed E-state index contributed by atoms with van der Waals surface area (Å²) in [6.45, 7) is 1.09. The van der Waals surface area contributed by atoms with Crippen LogP contribution in [0, 0.1) is 0 Å². The summed E-state index contributed by atoms with van der Waals surface area (Å²) in [5.74, 6) is 0.780. The number of aromatic nitrogens is 3. The van der Waals surface area contributed by atoms with E-state index in [4.69, 9.17) is 22.1 Å². The topological polar surface area (TPSA) is 66.0 Å². The molecule has 0 bridgehead atoms. The van der Waals surface area contributed by atoms with Gasteiger partial charge in [-0.3, -0.25) is 0 Å². The summed E-state index contributed by atoms with van der Waals surface area (Å²) in [6.07, 6.45) is 1.73. The molecule has 0 fully saturated rings. The van der Waals surface area contributed by atoms with Gasteiger partial charge in [0.25, 0.3) is 0 Å². The van der Waals surface area contributed by atoms with Crippen molar-refractivity contribution in [1.82, 2.24) is 15.0 Å². The van der Waals surface area contributed by atoms with E-state index < -0.39 is 0 Å². The molecule has 0 radical (unpaired) electrons. The van der Waals surface area contributed by atoms with E-state index >= 15 is 0 Å². The summed E-state index contributed by atoms with van der Waals surface area (Å²) in [7, 11) is 0. The van der Waals surface area contributed by atoms with Crippen molar-refractivity contribution >= 4 is 17.3 Å². The SMILES string of the molecule is Nc1ccc(OCCn2nncc2-c2ccc(Cl)cc2)cc1. The molecule has 1 heterocycles. The Hall–Kier alpha value is -2.53. The highest BCUT2D eigenvalue weighted by molar-refractivity contribution is 6.30. The van der Waals surface area contributed by atoms with Crippen LogP contribution in [0.2, 0.25) is 5.02 Å². The molecule has 112 valence electrons. The molecule has 0 unspecified atom stereocenters. The maximum absolute atomic E-state index is 5.91. The Morgan fingerprint density at radius 2 is 1.77 bits per heavy atom. The molecule has 3 rings (SSSR count). The van der Waals surface area contributed by atoms with E-state index in [1.807, 2.05) is 48.5 Å². The second-order valence-electron chi connectivity index (χ2n) is 4.77. The quantitative estimate of drug-likeness (QED) is 0.734. The number of benzene rings is 2. The molecule has 0 spiro atoms. The molecular formula is C16H15ClN4O. The minimum atomic E-state index is 0.494. The Morgan fingerprint density at radius 3 is 2.50 bits per heavy atom. The minimum Gasteiger partial charge on any atom is -0.492 e. The van der Waals surface area contributed by atoms with Crippen LogP contribution >= 0.6 is 11.6 Å². The van der Waals surface area contributed by atoms with E-state index in [0.29, 0.717) is 23.9 Å². The fourth-order valence-corrected chi connectivity index (χ4v) is 2.21. The second-order valence-corrected chi connectivity index (χ2v) is 5.20. The third-order valence-electron chi connectivity index (χ3n) is 3.21. The van der Waals surface area contributed by atoms with Crippen LogP contribution in [-0.2, 0) is 6.54 Å². The maximum atomic E-state index is 5.91. The first-order chi connectivity index (χ1) is 10.7. The van der Waals surface area contributed by atoms with Gasteiger partial charge < -0.3 is 10.5 Å². The van der Waals surface area contributed by atoms with E-state index in [1.165, 1.54) is 0 Å². The second kappa shape index (κ2) is 6.49. The summed E-state index contributed by atoms with van der Waals surface area (Å²) in [6, 6.07) is 14.9. The van der Waals surface area contributed by atoms with Crippen LogP contribution < -0.4 is 10.5 Å². The van der Waals surface area contributed by atoms with E-state index in [2.05, 4.69) is 10.3 Å². The van der Waals surface area contributed by atoms with Crippen molar-refractivity contribution in [2.75, 3.05) is 12.3 Å². The Labute approximate surface area is 133 Å². The fourth-order valence-electron chi connectivity index (χ4n) is 2.08. The predicted molar refractivity (Wildman–Crippen MR) is 86.8 cm³/mol. The smallest absolute Gasteiger partial charge is 0.119 e. The summed E-state index contributed by atoms with van der Waals surface area (Å²) in [4.78, 5) is 0. The van der Waals surface area contributed by atoms with Gasteiger partial charge in [0.2, 0.25) is 0 Å². The van der Waals surface area contributed by atoms with Crippen LogP contribution in [0.3, 0.4) is 0 Å². The lowest BCUT2D eigenvalue weighted by molar-refractivity contribution is 0.290. The van der Waals surface area contributed by atoms with Gasteiger partial charge in [-0.15, -0.1) is 5.10 Å². The van der Waals surface area contributed by atoms with Crippen molar-refractivity contribution in [1.29, 1.82) is 0 Å². The third-order valence-corrected chi connectivity index (χ3v) is 3.46. The van der Waals surface area contributed by atoms with Gasteiger partial charge in [-0.05, 0) is 36.4 Å². The molecule has 1 aromatic heterocycles. The van der Waals surface area contributed by atoms with Crippen molar-refractivity contribution in [3.05, 3.63) is 59.8 Å². The van der Waals surface area contributed by atoms with E-state index in [-0.39, 0.29) is 0 Å². The highest BCUT2D eigenvalue weighted by Gasteiger charge is 2.06. The Kier molecular flexibility index (Phi) is 4.25. The molecule has 3 aromatic rings. The maximum Gasteiger partial charge on any atom is 0.119 e. The third kappa shape index (κ3) is 3.38. The fraction of sp³-hybridized carbons (Fsp3) is 0.125. The number of ether oxygens (including phenoxy) is 1. The van der Waals surface area contributed by atoms with Gasteiger partial charge in [-0.25, -0.2) is 4.68 Å². The van der Waals surface area contributed by atoms with Crippen LogP contribution in [0.4, 0.5) is 5.69 Å². The summed E-state index contributed by atoms with van der Waals surface area (Å²) in [5, 5.41) is 8.76. The van der Waals surface area contributed by atoms with Gasteiger partial charge in [0.15, 0.2) is 0 Å². The molecular weight excluding hydrogens is 300 g/mol. The number of nitrogen functional groups attached to an aromatic ring is 1. The minimum absolute atomic E-state index is 0.494. The number of nitrogens with two attached hydrogens (primary N) is 1. The van der Waals surface area contributed by atoms with Gasteiger partial charge in [-0.2, -0.15) is 0 Å². The van der Waals surface area contributed by atoms with Gasteiger partial charge in [0, 0.05) is 16.3 Å². The highest BCUT2D eigenvalue weighted by atomic mass is 35.5. The number of rotatable bonds is 5.